The van der Waals surface area contributed by atoms with Gasteiger partial charge in [0.05, 0.1) is 6.10 Å². The lowest BCUT2D eigenvalue weighted by Crippen LogP contribution is -2.15. The third kappa shape index (κ3) is 1.42. The van der Waals surface area contributed by atoms with Crippen LogP contribution in [-0.4, -0.2) is 11.2 Å². The Labute approximate surface area is 55.7 Å². The first-order valence-electron chi connectivity index (χ1n) is 3.25. The summed E-state index contributed by atoms with van der Waals surface area (Å²) in [6.45, 7) is 4.00. The Morgan fingerprint density at radius 2 is 2.22 bits per heavy atom. The summed E-state index contributed by atoms with van der Waals surface area (Å²) in [6.07, 6.45) is 5.68. The largest absolute Gasteiger partial charge is 0.388 e. The quantitative estimate of drug-likeness (QED) is 0.519. The molecule has 0 aromatic heterocycles. The number of allylic oxidation sites excluding steroid dienone is 2. The van der Waals surface area contributed by atoms with Crippen molar-refractivity contribution in [2.45, 2.75) is 20.0 Å². The first kappa shape index (κ1) is 6.56. The van der Waals surface area contributed by atoms with Gasteiger partial charge in [0.15, 0.2) is 0 Å². The molecule has 0 aromatic carbocycles. The minimum Gasteiger partial charge on any atom is -0.388 e. The average Bonchev–Trinajstić information content (AvgIpc) is 1.80. The highest BCUT2D eigenvalue weighted by atomic mass is 16.3. The summed E-state index contributed by atoms with van der Waals surface area (Å²) in [4.78, 5) is 0. The van der Waals surface area contributed by atoms with E-state index in [2.05, 4.69) is 0 Å². The zero-order valence-electron chi connectivity index (χ0n) is 5.83. The molecule has 1 aliphatic carbocycles. The molecule has 2 atom stereocenters. The van der Waals surface area contributed by atoms with E-state index in [9.17, 15) is 5.11 Å². The van der Waals surface area contributed by atoms with E-state index in [4.69, 9.17) is 0 Å². The van der Waals surface area contributed by atoms with E-state index in [-0.39, 0.29) is 12.0 Å². The molecule has 1 nitrogen and oxygen atoms in total. The van der Waals surface area contributed by atoms with Gasteiger partial charge in [0, 0.05) is 5.92 Å². The van der Waals surface area contributed by atoms with Gasteiger partial charge in [-0.3, -0.25) is 0 Å². The van der Waals surface area contributed by atoms with Gasteiger partial charge >= 0.3 is 0 Å². The molecule has 0 amide bonds. The molecular weight excluding hydrogens is 112 g/mol. The number of hydrogen-bond acceptors (Lipinski definition) is 1. The Hall–Kier alpha value is -0.560. The van der Waals surface area contributed by atoms with E-state index in [0.29, 0.717) is 0 Å². The maximum Gasteiger partial charge on any atom is 0.0786 e. The van der Waals surface area contributed by atoms with Gasteiger partial charge in [-0.05, 0) is 6.92 Å². The van der Waals surface area contributed by atoms with Gasteiger partial charge in [0.25, 0.3) is 0 Å². The van der Waals surface area contributed by atoms with Crippen LogP contribution in [0, 0.1) is 5.92 Å². The third-order valence-corrected chi connectivity index (χ3v) is 1.64. The van der Waals surface area contributed by atoms with Crippen molar-refractivity contribution in [2.75, 3.05) is 0 Å². The molecule has 1 aliphatic rings. The van der Waals surface area contributed by atoms with Crippen molar-refractivity contribution in [3.8, 4) is 0 Å². The van der Waals surface area contributed by atoms with Crippen molar-refractivity contribution in [1.82, 2.24) is 0 Å². The van der Waals surface area contributed by atoms with Crippen LogP contribution >= 0.6 is 0 Å². The zero-order valence-corrected chi connectivity index (χ0v) is 5.83. The van der Waals surface area contributed by atoms with Crippen LogP contribution in [0.15, 0.2) is 23.8 Å². The summed E-state index contributed by atoms with van der Waals surface area (Å²) in [5.41, 5.74) is 1.15. The summed E-state index contributed by atoms with van der Waals surface area (Å²) >= 11 is 0. The molecule has 9 heavy (non-hydrogen) atoms. The van der Waals surface area contributed by atoms with Gasteiger partial charge in [-0.1, -0.05) is 30.7 Å². The maximum absolute atomic E-state index is 9.22. The second kappa shape index (κ2) is 2.36. The average molecular weight is 124 g/mol. The van der Waals surface area contributed by atoms with Gasteiger partial charge in [-0.25, -0.2) is 0 Å². The van der Waals surface area contributed by atoms with E-state index in [1.54, 1.807) is 0 Å². The number of aliphatic hydroxyl groups is 1. The highest BCUT2D eigenvalue weighted by molar-refractivity contribution is 5.23. The topological polar surface area (TPSA) is 20.2 Å². The van der Waals surface area contributed by atoms with Gasteiger partial charge in [0.2, 0.25) is 0 Å². The SMILES string of the molecule is CC1=CC(O)C(C)C=C1. The Balaban J connectivity index is 2.70. The normalized spacial score (nSPS) is 34.3. The number of aliphatic hydroxyl groups excluding tert-OH is 1. The van der Waals surface area contributed by atoms with Crippen LogP contribution in [0.25, 0.3) is 0 Å². The molecule has 0 aliphatic heterocycles. The summed E-state index contributed by atoms with van der Waals surface area (Å²) in [7, 11) is 0. The molecule has 1 rings (SSSR count). The first-order valence-corrected chi connectivity index (χ1v) is 3.25. The maximum atomic E-state index is 9.22. The molecule has 0 aromatic rings. The van der Waals surface area contributed by atoms with E-state index in [1.807, 2.05) is 32.1 Å². The number of hydrogen-bond donors (Lipinski definition) is 1. The van der Waals surface area contributed by atoms with E-state index >= 15 is 0 Å². The van der Waals surface area contributed by atoms with Gasteiger partial charge < -0.3 is 5.11 Å². The van der Waals surface area contributed by atoms with Crippen molar-refractivity contribution in [3.05, 3.63) is 23.8 Å². The molecule has 0 saturated carbocycles. The molecular formula is C8H12O. The van der Waals surface area contributed by atoms with Crippen LogP contribution in [-0.2, 0) is 0 Å². The van der Waals surface area contributed by atoms with Crippen LogP contribution in [0.3, 0.4) is 0 Å². The molecule has 0 radical (unpaired) electrons. The van der Waals surface area contributed by atoms with Gasteiger partial charge in [-0.2, -0.15) is 0 Å². The fourth-order valence-corrected chi connectivity index (χ4v) is 0.894. The molecule has 0 fully saturated rings. The van der Waals surface area contributed by atoms with Crippen molar-refractivity contribution < 1.29 is 5.11 Å². The summed E-state index contributed by atoms with van der Waals surface area (Å²) in [5, 5.41) is 9.22. The lowest BCUT2D eigenvalue weighted by atomic mass is 9.96. The minimum atomic E-state index is -0.269. The van der Waals surface area contributed by atoms with Crippen molar-refractivity contribution >= 4 is 0 Å². The highest BCUT2D eigenvalue weighted by Crippen LogP contribution is 2.15. The lowest BCUT2D eigenvalue weighted by Gasteiger charge is -2.15. The predicted molar refractivity (Wildman–Crippen MR) is 38.1 cm³/mol. The number of rotatable bonds is 0. The Bertz CT molecular complexity index is 156. The molecule has 50 valence electrons. The molecule has 0 saturated heterocycles. The zero-order chi connectivity index (χ0) is 6.85. The third-order valence-electron chi connectivity index (χ3n) is 1.64. The summed E-state index contributed by atoms with van der Waals surface area (Å²) < 4.78 is 0. The van der Waals surface area contributed by atoms with E-state index < -0.39 is 0 Å². The van der Waals surface area contributed by atoms with Crippen LogP contribution in [0.2, 0.25) is 0 Å². The lowest BCUT2D eigenvalue weighted by molar-refractivity contribution is 0.183. The molecule has 2 unspecified atom stereocenters. The molecule has 1 N–H and O–H groups in total. The smallest absolute Gasteiger partial charge is 0.0786 e. The standard InChI is InChI=1S/C8H12O/c1-6-3-4-7(2)8(9)5-6/h3-5,7-9H,1-2H3. The van der Waals surface area contributed by atoms with E-state index in [0.717, 1.165) is 5.57 Å². The molecule has 0 bridgehead atoms. The highest BCUT2D eigenvalue weighted by Gasteiger charge is 2.10. The Kier molecular flexibility index (Phi) is 1.72. The monoisotopic (exact) mass is 124 g/mol. The van der Waals surface area contributed by atoms with Crippen molar-refractivity contribution in [1.29, 1.82) is 0 Å². The van der Waals surface area contributed by atoms with Crippen molar-refractivity contribution in [2.24, 2.45) is 5.92 Å². The fourth-order valence-electron chi connectivity index (χ4n) is 0.894. The van der Waals surface area contributed by atoms with Crippen LogP contribution in [0.4, 0.5) is 0 Å². The van der Waals surface area contributed by atoms with Gasteiger partial charge in [0.1, 0.15) is 0 Å². The van der Waals surface area contributed by atoms with Gasteiger partial charge in [-0.15, -0.1) is 0 Å². The van der Waals surface area contributed by atoms with Crippen LogP contribution < -0.4 is 0 Å². The van der Waals surface area contributed by atoms with Crippen LogP contribution in [0.1, 0.15) is 13.8 Å². The molecule has 0 heterocycles. The molecule has 0 spiro atoms. The summed E-state index contributed by atoms with van der Waals surface area (Å²) in [5.74, 6) is 0.286. The minimum absolute atomic E-state index is 0.269. The van der Waals surface area contributed by atoms with Crippen molar-refractivity contribution in [3.63, 3.8) is 0 Å². The predicted octanol–water partition coefficient (Wildman–Crippen LogP) is 1.50. The second-order valence-electron chi connectivity index (χ2n) is 2.62. The molecule has 1 heteroatoms. The summed E-state index contributed by atoms with van der Waals surface area (Å²) in [6, 6.07) is 0. The van der Waals surface area contributed by atoms with E-state index in [1.165, 1.54) is 0 Å². The second-order valence-corrected chi connectivity index (χ2v) is 2.62. The fraction of sp³-hybridized carbons (Fsp3) is 0.500. The Morgan fingerprint density at radius 3 is 2.67 bits per heavy atom. The van der Waals surface area contributed by atoms with Crippen LogP contribution in [0.5, 0.6) is 0 Å². The first-order chi connectivity index (χ1) is 4.20. The Morgan fingerprint density at radius 1 is 1.56 bits per heavy atom.